The van der Waals surface area contributed by atoms with Crippen molar-refractivity contribution < 1.29 is 9.52 Å². The van der Waals surface area contributed by atoms with Crippen LogP contribution in [0.5, 0.6) is 0 Å². The van der Waals surface area contributed by atoms with Gasteiger partial charge in [-0.3, -0.25) is 0 Å². The minimum atomic E-state index is -0.689. The van der Waals surface area contributed by atoms with Crippen molar-refractivity contribution in [1.82, 2.24) is 0 Å². The molecule has 14 heavy (non-hydrogen) atoms. The monoisotopic (exact) mass is 228 g/mol. The van der Waals surface area contributed by atoms with Gasteiger partial charge in [0.25, 0.3) is 0 Å². The first-order valence-corrected chi connectivity index (χ1v) is 5.40. The summed E-state index contributed by atoms with van der Waals surface area (Å²) in [7, 11) is 0. The van der Waals surface area contributed by atoms with E-state index in [0.29, 0.717) is 5.56 Å². The van der Waals surface area contributed by atoms with Gasteiger partial charge in [-0.15, -0.1) is 11.3 Å². The van der Waals surface area contributed by atoms with E-state index < -0.39 is 6.10 Å². The molecule has 0 saturated carbocycles. The standard InChI is InChI=1S/C10H9ClO2S/c1-6-4-7(5-14-6)9(12)8-2-3-13-10(8)11/h2-5,9,12H,1H3. The molecule has 1 atom stereocenters. The summed E-state index contributed by atoms with van der Waals surface area (Å²) in [4.78, 5) is 1.17. The molecule has 74 valence electrons. The van der Waals surface area contributed by atoms with Gasteiger partial charge in [0, 0.05) is 10.4 Å². The maximum atomic E-state index is 9.94. The molecule has 0 bridgehead atoms. The van der Waals surface area contributed by atoms with Crippen molar-refractivity contribution in [3.8, 4) is 0 Å². The third-order valence-corrected chi connectivity index (χ3v) is 3.19. The van der Waals surface area contributed by atoms with E-state index in [1.54, 1.807) is 17.4 Å². The fraction of sp³-hybridized carbons (Fsp3) is 0.200. The van der Waals surface area contributed by atoms with Crippen LogP contribution in [-0.4, -0.2) is 5.11 Å². The molecule has 2 aromatic heterocycles. The number of furan rings is 1. The van der Waals surface area contributed by atoms with Crippen LogP contribution < -0.4 is 0 Å². The summed E-state index contributed by atoms with van der Waals surface area (Å²) in [5.41, 5.74) is 1.47. The maximum absolute atomic E-state index is 9.94. The summed E-state index contributed by atoms with van der Waals surface area (Å²) in [5, 5.41) is 12.1. The van der Waals surface area contributed by atoms with Gasteiger partial charge in [0.15, 0.2) is 5.22 Å². The summed E-state index contributed by atoms with van der Waals surface area (Å²) < 4.78 is 4.92. The molecule has 1 unspecified atom stereocenters. The van der Waals surface area contributed by atoms with Gasteiger partial charge in [0.1, 0.15) is 6.10 Å². The van der Waals surface area contributed by atoms with Gasteiger partial charge >= 0.3 is 0 Å². The first kappa shape index (κ1) is 9.77. The zero-order chi connectivity index (χ0) is 10.1. The zero-order valence-electron chi connectivity index (χ0n) is 7.53. The van der Waals surface area contributed by atoms with Gasteiger partial charge in [-0.25, -0.2) is 0 Å². The molecule has 0 amide bonds. The number of aliphatic hydroxyl groups excluding tert-OH is 1. The minimum Gasteiger partial charge on any atom is -0.453 e. The topological polar surface area (TPSA) is 33.4 Å². The van der Waals surface area contributed by atoms with E-state index >= 15 is 0 Å². The zero-order valence-corrected chi connectivity index (χ0v) is 9.10. The molecule has 0 aliphatic heterocycles. The van der Waals surface area contributed by atoms with E-state index in [2.05, 4.69) is 0 Å². The van der Waals surface area contributed by atoms with Crippen LogP contribution >= 0.6 is 22.9 Å². The van der Waals surface area contributed by atoms with Crippen molar-refractivity contribution >= 4 is 22.9 Å². The second-order valence-electron chi connectivity index (χ2n) is 3.04. The molecule has 2 nitrogen and oxygen atoms in total. The molecule has 0 aliphatic rings. The van der Waals surface area contributed by atoms with E-state index in [1.165, 1.54) is 11.1 Å². The van der Waals surface area contributed by atoms with Gasteiger partial charge < -0.3 is 9.52 Å². The van der Waals surface area contributed by atoms with Crippen molar-refractivity contribution in [3.05, 3.63) is 45.0 Å². The van der Waals surface area contributed by atoms with E-state index in [-0.39, 0.29) is 5.22 Å². The van der Waals surface area contributed by atoms with Crippen LogP contribution in [0.25, 0.3) is 0 Å². The highest BCUT2D eigenvalue weighted by Crippen LogP contribution is 2.31. The SMILES string of the molecule is Cc1cc(C(O)c2ccoc2Cl)cs1. The highest BCUT2D eigenvalue weighted by molar-refractivity contribution is 7.10. The smallest absolute Gasteiger partial charge is 0.199 e. The van der Waals surface area contributed by atoms with Gasteiger partial charge in [0.2, 0.25) is 0 Å². The second-order valence-corrected chi connectivity index (χ2v) is 4.50. The molecule has 0 saturated heterocycles. The number of aryl methyl sites for hydroxylation is 1. The van der Waals surface area contributed by atoms with Crippen molar-refractivity contribution in [2.75, 3.05) is 0 Å². The van der Waals surface area contributed by atoms with Gasteiger partial charge in [-0.1, -0.05) is 0 Å². The van der Waals surface area contributed by atoms with Crippen molar-refractivity contribution in [2.45, 2.75) is 13.0 Å². The summed E-state index contributed by atoms with van der Waals surface area (Å²) in [6.07, 6.45) is 0.784. The van der Waals surface area contributed by atoms with E-state index in [0.717, 1.165) is 5.56 Å². The Bertz CT molecular complexity index is 433. The summed E-state index contributed by atoms with van der Waals surface area (Å²) in [6.45, 7) is 2.00. The fourth-order valence-corrected chi connectivity index (χ4v) is 2.23. The number of hydrogen-bond donors (Lipinski definition) is 1. The Balaban J connectivity index is 2.33. The van der Waals surface area contributed by atoms with Gasteiger partial charge in [-0.2, -0.15) is 0 Å². The number of aliphatic hydroxyl groups is 1. The van der Waals surface area contributed by atoms with Crippen molar-refractivity contribution in [1.29, 1.82) is 0 Å². The average molecular weight is 229 g/mol. The Morgan fingerprint density at radius 3 is 2.86 bits per heavy atom. The van der Waals surface area contributed by atoms with E-state index in [9.17, 15) is 5.11 Å². The van der Waals surface area contributed by atoms with Crippen LogP contribution in [0.3, 0.4) is 0 Å². The summed E-state index contributed by atoms with van der Waals surface area (Å²) in [5.74, 6) is 0. The highest BCUT2D eigenvalue weighted by Gasteiger charge is 2.16. The maximum Gasteiger partial charge on any atom is 0.199 e. The first-order valence-electron chi connectivity index (χ1n) is 4.14. The van der Waals surface area contributed by atoms with Crippen LogP contribution in [0.15, 0.2) is 28.2 Å². The van der Waals surface area contributed by atoms with Crippen LogP contribution in [0.4, 0.5) is 0 Å². The van der Waals surface area contributed by atoms with E-state index in [4.69, 9.17) is 16.0 Å². The van der Waals surface area contributed by atoms with Crippen LogP contribution in [0.1, 0.15) is 22.1 Å². The Hall–Kier alpha value is -0.770. The molecule has 4 heteroatoms. The highest BCUT2D eigenvalue weighted by atomic mass is 35.5. The fourth-order valence-electron chi connectivity index (χ4n) is 1.29. The largest absolute Gasteiger partial charge is 0.453 e. The minimum absolute atomic E-state index is 0.251. The third kappa shape index (κ3) is 1.71. The predicted molar refractivity (Wildman–Crippen MR) is 56.8 cm³/mol. The lowest BCUT2D eigenvalue weighted by Gasteiger charge is -2.05. The molecule has 0 fully saturated rings. The van der Waals surface area contributed by atoms with Crippen LogP contribution in [0, 0.1) is 6.92 Å². The van der Waals surface area contributed by atoms with Crippen molar-refractivity contribution in [3.63, 3.8) is 0 Å². The quantitative estimate of drug-likeness (QED) is 0.855. The van der Waals surface area contributed by atoms with Gasteiger partial charge in [0.05, 0.1) is 6.26 Å². The van der Waals surface area contributed by atoms with E-state index in [1.807, 2.05) is 18.4 Å². The molecular formula is C10H9ClO2S. The number of thiophene rings is 1. The molecule has 2 aromatic rings. The normalized spacial score (nSPS) is 13.1. The Labute approximate surface area is 90.8 Å². The Morgan fingerprint density at radius 2 is 2.36 bits per heavy atom. The first-order chi connectivity index (χ1) is 6.68. The molecule has 0 aromatic carbocycles. The Morgan fingerprint density at radius 1 is 1.57 bits per heavy atom. The molecule has 1 N–H and O–H groups in total. The lowest BCUT2D eigenvalue weighted by molar-refractivity contribution is 0.220. The number of hydrogen-bond acceptors (Lipinski definition) is 3. The third-order valence-electron chi connectivity index (χ3n) is 2.01. The van der Waals surface area contributed by atoms with Crippen LogP contribution in [0.2, 0.25) is 5.22 Å². The summed E-state index contributed by atoms with van der Waals surface area (Å²) in [6, 6.07) is 3.62. The second kappa shape index (κ2) is 3.77. The lowest BCUT2D eigenvalue weighted by atomic mass is 10.1. The average Bonchev–Trinajstić information content (AvgIpc) is 2.73. The van der Waals surface area contributed by atoms with Crippen LogP contribution in [-0.2, 0) is 0 Å². The summed E-state index contributed by atoms with van der Waals surface area (Å²) >= 11 is 7.37. The number of rotatable bonds is 2. The lowest BCUT2D eigenvalue weighted by Crippen LogP contribution is -1.96. The molecule has 2 heterocycles. The van der Waals surface area contributed by atoms with Gasteiger partial charge in [-0.05, 0) is 41.6 Å². The molecule has 0 radical (unpaired) electrons. The molecule has 0 aliphatic carbocycles. The molecule has 0 spiro atoms. The number of halogens is 1. The predicted octanol–water partition coefficient (Wildman–Crippen LogP) is 3.38. The molecular weight excluding hydrogens is 220 g/mol. The molecule has 2 rings (SSSR count). The van der Waals surface area contributed by atoms with Crippen molar-refractivity contribution in [2.24, 2.45) is 0 Å². The Kier molecular flexibility index (Phi) is 2.63.